The highest BCUT2D eigenvalue weighted by atomic mass is 35.5. The Morgan fingerprint density at radius 3 is 2.54 bits per heavy atom. The lowest BCUT2D eigenvalue weighted by molar-refractivity contribution is -0.137. The summed E-state index contributed by atoms with van der Waals surface area (Å²) in [6.45, 7) is 2.75. The van der Waals surface area contributed by atoms with Crippen molar-refractivity contribution in [1.82, 2.24) is 19.5 Å². The van der Waals surface area contributed by atoms with Crippen LogP contribution in [0.3, 0.4) is 0 Å². The van der Waals surface area contributed by atoms with Gasteiger partial charge in [-0.3, -0.25) is 4.90 Å². The molecule has 4 aromatic rings. The SMILES string of the molecule is Nc1ncnn2c(CN3CC[SiH2]CC3)cc(-c3ccc(NC(=O)Nc4cc(C(F)(F)F)ccc4Cl)c(F)c3)c12. The van der Waals surface area contributed by atoms with Crippen LogP contribution in [-0.4, -0.2) is 48.1 Å². The average Bonchev–Trinajstić information content (AvgIpc) is 3.26. The molecule has 2 amide bonds. The summed E-state index contributed by atoms with van der Waals surface area (Å²) in [4.78, 5) is 18.9. The molecule has 0 unspecified atom stereocenters. The molecule has 1 saturated heterocycles. The highest BCUT2D eigenvalue weighted by Crippen LogP contribution is 2.35. The molecule has 0 spiro atoms. The fourth-order valence-electron chi connectivity index (χ4n) is 4.67. The summed E-state index contributed by atoms with van der Waals surface area (Å²) in [5.41, 5.74) is 7.34. The molecule has 1 aliphatic heterocycles. The van der Waals surface area contributed by atoms with Gasteiger partial charge in [-0.1, -0.05) is 29.8 Å². The van der Waals surface area contributed by atoms with Crippen molar-refractivity contribution in [2.45, 2.75) is 24.8 Å². The summed E-state index contributed by atoms with van der Waals surface area (Å²) in [5.74, 6) is -0.507. The second kappa shape index (κ2) is 10.8. The third-order valence-corrected chi connectivity index (χ3v) is 8.52. The van der Waals surface area contributed by atoms with Gasteiger partial charge in [0.15, 0.2) is 5.82 Å². The van der Waals surface area contributed by atoms with Gasteiger partial charge in [0.2, 0.25) is 0 Å². The Bertz CT molecular complexity index is 1540. The molecule has 3 heterocycles. The first kappa shape index (κ1) is 26.9. The summed E-state index contributed by atoms with van der Waals surface area (Å²) in [5, 5.41) is 8.81. The standard InChI is InChI=1S/C25H24ClF4N7OSi/c26-18-3-2-15(25(28,29)30)10-21(18)35-24(38)34-20-4-1-14(9-19(20)27)17-11-16(12-36-5-7-39-8-6-36)37-22(17)23(31)32-13-33-37/h1-4,9-11,13H,5-8,12,39H2,(H2,31,32,33)(H2,34,35,38). The van der Waals surface area contributed by atoms with E-state index in [1.165, 1.54) is 30.5 Å². The number of hydrogen-bond acceptors (Lipinski definition) is 5. The molecule has 14 heteroatoms. The van der Waals surface area contributed by atoms with Crippen molar-refractivity contribution >= 4 is 49.9 Å². The quantitative estimate of drug-likeness (QED) is 0.222. The predicted octanol–water partition coefficient (Wildman–Crippen LogP) is 5.25. The van der Waals surface area contributed by atoms with Gasteiger partial charge in [-0.2, -0.15) is 18.3 Å². The summed E-state index contributed by atoms with van der Waals surface area (Å²) >= 11 is 5.93. The Hall–Kier alpha value is -3.68. The van der Waals surface area contributed by atoms with E-state index in [0.717, 1.165) is 30.9 Å². The molecule has 5 rings (SSSR count). The number of nitrogen functional groups attached to an aromatic ring is 1. The van der Waals surface area contributed by atoms with E-state index < -0.39 is 23.6 Å². The fourth-order valence-corrected chi connectivity index (χ4v) is 6.53. The maximum atomic E-state index is 15.1. The van der Waals surface area contributed by atoms with E-state index in [-0.39, 0.29) is 31.7 Å². The maximum absolute atomic E-state index is 15.1. The van der Waals surface area contributed by atoms with Crippen molar-refractivity contribution in [3.63, 3.8) is 0 Å². The number of anilines is 3. The molecule has 1 fully saturated rings. The van der Waals surface area contributed by atoms with Gasteiger partial charge in [0.25, 0.3) is 0 Å². The minimum Gasteiger partial charge on any atom is -0.382 e. The van der Waals surface area contributed by atoms with Crippen LogP contribution in [0.2, 0.25) is 17.1 Å². The zero-order valence-electron chi connectivity index (χ0n) is 20.5. The molecule has 0 bridgehead atoms. The van der Waals surface area contributed by atoms with E-state index in [4.69, 9.17) is 17.3 Å². The van der Waals surface area contributed by atoms with Gasteiger partial charge >= 0.3 is 12.2 Å². The summed E-state index contributed by atoms with van der Waals surface area (Å²) in [6, 6.07) is 10.2. The van der Waals surface area contributed by atoms with Gasteiger partial charge in [0.1, 0.15) is 17.7 Å². The number of hydrogen-bond donors (Lipinski definition) is 3. The first-order chi connectivity index (χ1) is 18.6. The average molecular weight is 578 g/mol. The van der Waals surface area contributed by atoms with Crippen molar-refractivity contribution in [1.29, 1.82) is 0 Å². The van der Waals surface area contributed by atoms with Crippen molar-refractivity contribution in [2.24, 2.45) is 0 Å². The monoisotopic (exact) mass is 577 g/mol. The second-order valence-electron chi connectivity index (χ2n) is 9.26. The number of amides is 2. The Labute approximate surface area is 228 Å². The Morgan fingerprint density at radius 2 is 1.82 bits per heavy atom. The van der Waals surface area contributed by atoms with Gasteiger partial charge in [-0.25, -0.2) is 18.7 Å². The first-order valence-corrected chi connectivity index (χ1v) is 14.6. The maximum Gasteiger partial charge on any atom is 0.416 e. The number of halogens is 5. The number of fused-ring (bicyclic) bond motifs is 1. The molecule has 0 radical (unpaired) electrons. The minimum atomic E-state index is -4.62. The van der Waals surface area contributed by atoms with Crippen LogP contribution in [-0.2, 0) is 12.7 Å². The largest absolute Gasteiger partial charge is 0.416 e. The third kappa shape index (κ3) is 5.84. The Balaban J connectivity index is 1.38. The van der Waals surface area contributed by atoms with Gasteiger partial charge in [0.05, 0.1) is 27.7 Å². The third-order valence-electron chi connectivity index (χ3n) is 6.56. The molecular formula is C25H24ClF4N7OSi. The summed E-state index contributed by atoms with van der Waals surface area (Å²) in [7, 11) is 0.0378. The number of urea groups is 1. The van der Waals surface area contributed by atoms with Crippen LogP contribution < -0.4 is 16.4 Å². The molecule has 1 aliphatic rings. The van der Waals surface area contributed by atoms with Crippen LogP contribution >= 0.6 is 11.6 Å². The van der Waals surface area contributed by atoms with Gasteiger partial charge in [-0.15, -0.1) is 0 Å². The Morgan fingerprint density at radius 1 is 1.08 bits per heavy atom. The normalized spacial score (nSPS) is 14.5. The van der Waals surface area contributed by atoms with E-state index in [1.54, 1.807) is 10.6 Å². The summed E-state index contributed by atoms with van der Waals surface area (Å²) in [6.07, 6.45) is -3.24. The molecular weight excluding hydrogens is 554 g/mol. The lowest BCUT2D eigenvalue weighted by atomic mass is 10.1. The van der Waals surface area contributed by atoms with Crippen LogP contribution in [0.5, 0.6) is 0 Å². The lowest BCUT2D eigenvalue weighted by Gasteiger charge is -2.25. The van der Waals surface area contributed by atoms with E-state index in [1.807, 2.05) is 6.07 Å². The summed E-state index contributed by atoms with van der Waals surface area (Å²) < 4.78 is 55.9. The molecule has 0 aliphatic carbocycles. The fraction of sp³-hybridized carbons (Fsp3) is 0.240. The highest BCUT2D eigenvalue weighted by Gasteiger charge is 2.31. The molecule has 0 atom stereocenters. The number of nitrogens with zero attached hydrogens (tertiary/aromatic N) is 4. The number of aromatic nitrogens is 3. The topological polar surface area (TPSA) is 101 Å². The van der Waals surface area contributed by atoms with Crippen molar-refractivity contribution < 1.29 is 22.4 Å². The molecule has 2 aromatic heterocycles. The minimum absolute atomic E-state index is 0.0378. The predicted molar refractivity (Wildman–Crippen MR) is 145 cm³/mol. The lowest BCUT2D eigenvalue weighted by Crippen LogP contribution is -2.31. The number of carbonyl (C=O) groups excluding carboxylic acids is 1. The highest BCUT2D eigenvalue weighted by molar-refractivity contribution is 6.35. The molecule has 8 nitrogen and oxygen atoms in total. The van der Waals surface area contributed by atoms with Gasteiger partial charge in [-0.05, 0) is 55.1 Å². The smallest absolute Gasteiger partial charge is 0.382 e. The molecule has 39 heavy (non-hydrogen) atoms. The zero-order valence-corrected chi connectivity index (χ0v) is 22.7. The van der Waals surface area contributed by atoms with E-state index in [0.29, 0.717) is 29.3 Å². The molecule has 0 saturated carbocycles. The number of carbonyl (C=O) groups is 1. The molecule has 2 aromatic carbocycles. The van der Waals surface area contributed by atoms with Gasteiger partial charge in [0, 0.05) is 21.6 Å². The number of rotatable bonds is 5. The van der Waals surface area contributed by atoms with Crippen LogP contribution in [0.4, 0.5) is 39.5 Å². The van der Waals surface area contributed by atoms with Crippen LogP contribution in [0.25, 0.3) is 16.6 Å². The van der Waals surface area contributed by atoms with Crippen molar-refractivity contribution in [2.75, 3.05) is 29.5 Å². The van der Waals surface area contributed by atoms with E-state index in [2.05, 4.69) is 25.6 Å². The van der Waals surface area contributed by atoms with Crippen LogP contribution in [0.1, 0.15) is 11.3 Å². The van der Waals surface area contributed by atoms with E-state index >= 15 is 4.39 Å². The second-order valence-corrected chi connectivity index (χ2v) is 11.8. The number of benzene rings is 2. The van der Waals surface area contributed by atoms with Crippen molar-refractivity contribution in [3.05, 3.63) is 70.9 Å². The van der Waals surface area contributed by atoms with Gasteiger partial charge < -0.3 is 16.4 Å². The molecule has 204 valence electrons. The van der Waals surface area contributed by atoms with Crippen LogP contribution in [0, 0.1) is 5.82 Å². The van der Waals surface area contributed by atoms with Crippen LogP contribution in [0.15, 0.2) is 48.8 Å². The van der Waals surface area contributed by atoms with Crippen molar-refractivity contribution in [3.8, 4) is 11.1 Å². The molecule has 4 N–H and O–H groups in total. The number of alkyl halides is 3. The van der Waals surface area contributed by atoms with E-state index in [9.17, 15) is 18.0 Å². The Kier molecular flexibility index (Phi) is 7.47. The first-order valence-electron chi connectivity index (χ1n) is 12.2. The zero-order chi connectivity index (χ0) is 27.7. The number of nitrogens with one attached hydrogen (secondary N) is 2. The number of nitrogens with two attached hydrogens (primary N) is 1.